The van der Waals surface area contributed by atoms with E-state index in [-0.39, 0.29) is 17.5 Å². The van der Waals surface area contributed by atoms with Gasteiger partial charge in [0.05, 0.1) is 42.0 Å². The lowest BCUT2D eigenvalue weighted by atomic mass is 10.0. The molecule has 2 aliphatic rings. The number of nitrogens with one attached hydrogen (secondary N) is 1. The van der Waals surface area contributed by atoms with Crippen molar-refractivity contribution >= 4 is 27.7 Å². The number of aromatic nitrogens is 4. The number of piperazine rings is 1. The van der Waals surface area contributed by atoms with Crippen LogP contribution in [-0.2, 0) is 11.3 Å². The van der Waals surface area contributed by atoms with Gasteiger partial charge in [0.2, 0.25) is 0 Å². The van der Waals surface area contributed by atoms with Crippen molar-refractivity contribution in [1.29, 1.82) is 0 Å². The summed E-state index contributed by atoms with van der Waals surface area (Å²) in [6, 6.07) is 6.02. The molecule has 198 valence electrons. The van der Waals surface area contributed by atoms with E-state index >= 15 is 0 Å². The van der Waals surface area contributed by atoms with Crippen LogP contribution < -0.4 is 10.3 Å². The van der Waals surface area contributed by atoms with E-state index in [1.165, 1.54) is 0 Å². The Morgan fingerprint density at radius 2 is 1.87 bits per heavy atom. The Morgan fingerprint density at radius 3 is 2.63 bits per heavy atom. The second kappa shape index (κ2) is 10.2. The van der Waals surface area contributed by atoms with Gasteiger partial charge in [-0.2, -0.15) is 5.10 Å². The molecule has 0 radical (unpaired) electrons. The number of methoxy groups -OCH3 is 1. The van der Waals surface area contributed by atoms with Gasteiger partial charge in [-0.15, -0.1) is 0 Å². The first kappa shape index (κ1) is 24.6. The lowest BCUT2D eigenvalue weighted by Crippen LogP contribution is -2.48. The van der Waals surface area contributed by atoms with Gasteiger partial charge in [0.25, 0.3) is 11.5 Å². The highest BCUT2D eigenvalue weighted by atomic mass is 16.5. The molecule has 1 N–H and O–H groups in total. The van der Waals surface area contributed by atoms with Crippen LogP contribution in [0.1, 0.15) is 40.4 Å². The minimum absolute atomic E-state index is 0.0172. The van der Waals surface area contributed by atoms with Crippen molar-refractivity contribution in [3.8, 4) is 5.75 Å². The number of amides is 1. The topological polar surface area (TPSA) is 106 Å². The molecule has 0 unspecified atom stereocenters. The van der Waals surface area contributed by atoms with Gasteiger partial charge < -0.3 is 19.4 Å². The predicted molar refractivity (Wildman–Crippen MR) is 144 cm³/mol. The van der Waals surface area contributed by atoms with Crippen molar-refractivity contribution in [2.45, 2.75) is 32.4 Å². The van der Waals surface area contributed by atoms with Gasteiger partial charge in [-0.05, 0) is 49.1 Å². The molecule has 0 spiro atoms. The number of aromatic amines is 1. The second-order valence-electron chi connectivity index (χ2n) is 10.2. The monoisotopic (exact) mass is 516 g/mol. The molecule has 5 heterocycles. The lowest BCUT2D eigenvalue weighted by molar-refractivity contribution is 0.0627. The molecule has 0 atom stereocenters. The Kier molecular flexibility index (Phi) is 6.59. The Labute approximate surface area is 220 Å². The smallest absolute Gasteiger partial charge is 0.259 e. The maximum atomic E-state index is 13.7. The molecule has 1 amide bonds. The van der Waals surface area contributed by atoms with E-state index in [0.717, 1.165) is 65.8 Å². The third-order valence-corrected chi connectivity index (χ3v) is 7.75. The van der Waals surface area contributed by atoms with Crippen LogP contribution in [0.5, 0.6) is 5.75 Å². The van der Waals surface area contributed by atoms with Crippen LogP contribution in [0.4, 0.5) is 0 Å². The number of fused-ring (bicyclic) bond motifs is 3. The number of aryl methyl sites for hydroxylation is 1. The van der Waals surface area contributed by atoms with E-state index in [2.05, 4.69) is 20.0 Å². The molecule has 2 aliphatic heterocycles. The van der Waals surface area contributed by atoms with Gasteiger partial charge in [-0.25, -0.2) is 0 Å². The molecule has 38 heavy (non-hydrogen) atoms. The molecule has 10 nitrogen and oxygen atoms in total. The van der Waals surface area contributed by atoms with Crippen molar-refractivity contribution in [1.82, 2.24) is 29.5 Å². The van der Waals surface area contributed by atoms with Crippen LogP contribution in [0, 0.1) is 6.92 Å². The van der Waals surface area contributed by atoms with Gasteiger partial charge >= 0.3 is 0 Å². The number of pyridine rings is 2. The summed E-state index contributed by atoms with van der Waals surface area (Å²) >= 11 is 0. The van der Waals surface area contributed by atoms with E-state index in [4.69, 9.17) is 9.47 Å². The van der Waals surface area contributed by atoms with E-state index in [0.29, 0.717) is 37.3 Å². The molecule has 10 heteroatoms. The Bertz CT molecular complexity index is 1550. The quantitative estimate of drug-likeness (QED) is 0.435. The maximum Gasteiger partial charge on any atom is 0.259 e. The van der Waals surface area contributed by atoms with Gasteiger partial charge in [-0.1, -0.05) is 0 Å². The molecule has 6 rings (SSSR count). The summed E-state index contributed by atoms with van der Waals surface area (Å²) in [6.45, 7) is 6.91. The summed E-state index contributed by atoms with van der Waals surface area (Å²) in [5, 5.41) is 6.00. The van der Waals surface area contributed by atoms with E-state index in [9.17, 15) is 9.59 Å². The second-order valence-corrected chi connectivity index (χ2v) is 10.2. The van der Waals surface area contributed by atoms with Crippen molar-refractivity contribution in [2.75, 3.05) is 46.5 Å². The van der Waals surface area contributed by atoms with Crippen LogP contribution in [-0.4, -0.2) is 82.0 Å². The van der Waals surface area contributed by atoms with Crippen LogP contribution in [0.25, 0.3) is 21.8 Å². The van der Waals surface area contributed by atoms with Gasteiger partial charge in [-0.3, -0.25) is 24.2 Å². The van der Waals surface area contributed by atoms with E-state index in [1.54, 1.807) is 19.5 Å². The number of carbonyl (C=O) groups excluding carboxylic acids is 1. The number of ether oxygens (including phenoxy) is 2. The Balaban J connectivity index is 1.26. The SMILES string of the molecule is COc1cncc(CN2CCN(C(=O)c3cc4c(cc3C)[nH]c(=O)c3cnn(C5CCOCC5)c34)CC2)c1. The summed E-state index contributed by atoms with van der Waals surface area (Å²) in [7, 11) is 1.64. The molecule has 0 saturated carbocycles. The third-order valence-electron chi connectivity index (χ3n) is 7.75. The number of H-pyrrole nitrogens is 1. The van der Waals surface area contributed by atoms with Crippen LogP contribution in [0.3, 0.4) is 0 Å². The largest absolute Gasteiger partial charge is 0.495 e. The Hall–Kier alpha value is -3.76. The Morgan fingerprint density at radius 1 is 1.08 bits per heavy atom. The fraction of sp³-hybridized carbons (Fsp3) is 0.429. The number of nitrogens with zero attached hydrogens (tertiary/aromatic N) is 5. The zero-order chi connectivity index (χ0) is 26.2. The number of benzene rings is 1. The minimum Gasteiger partial charge on any atom is -0.495 e. The highest BCUT2D eigenvalue weighted by molar-refractivity contribution is 6.07. The molecule has 4 aromatic rings. The average molecular weight is 517 g/mol. The summed E-state index contributed by atoms with van der Waals surface area (Å²) < 4.78 is 12.8. The summed E-state index contributed by atoms with van der Waals surface area (Å²) in [5.74, 6) is 0.764. The zero-order valence-electron chi connectivity index (χ0n) is 21.8. The average Bonchev–Trinajstić information content (AvgIpc) is 3.40. The van der Waals surface area contributed by atoms with Gasteiger partial charge in [0.1, 0.15) is 5.75 Å². The normalized spacial score (nSPS) is 17.4. The van der Waals surface area contributed by atoms with Crippen molar-refractivity contribution in [3.63, 3.8) is 0 Å². The zero-order valence-corrected chi connectivity index (χ0v) is 21.8. The van der Waals surface area contributed by atoms with Crippen LogP contribution in [0.2, 0.25) is 0 Å². The number of carbonyl (C=O) groups is 1. The third kappa shape index (κ3) is 4.54. The lowest BCUT2D eigenvalue weighted by Gasteiger charge is -2.35. The highest BCUT2D eigenvalue weighted by Crippen LogP contribution is 2.30. The number of hydrogen-bond donors (Lipinski definition) is 1. The molecule has 3 aromatic heterocycles. The first-order valence-corrected chi connectivity index (χ1v) is 13.1. The van der Waals surface area contributed by atoms with Crippen molar-refractivity contribution < 1.29 is 14.3 Å². The minimum atomic E-state index is -0.161. The van der Waals surface area contributed by atoms with Gasteiger partial charge in [0.15, 0.2) is 0 Å². The fourth-order valence-corrected chi connectivity index (χ4v) is 5.63. The highest BCUT2D eigenvalue weighted by Gasteiger charge is 2.26. The van der Waals surface area contributed by atoms with Crippen LogP contribution >= 0.6 is 0 Å². The predicted octanol–water partition coefficient (Wildman–Crippen LogP) is 2.90. The summed E-state index contributed by atoms with van der Waals surface area (Å²) in [4.78, 5) is 38.0. The molecule has 2 saturated heterocycles. The van der Waals surface area contributed by atoms with Gasteiger partial charge in [0, 0.05) is 63.1 Å². The van der Waals surface area contributed by atoms with Crippen molar-refractivity contribution in [2.24, 2.45) is 0 Å². The number of hydrogen-bond acceptors (Lipinski definition) is 7. The molecule has 0 bridgehead atoms. The maximum absolute atomic E-state index is 13.7. The van der Waals surface area contributed by atoms with E-state index < -0.39 is 0 Å². The first-order chi connectivity index (χ1) is 18.5. The summed E-state index contributed by atoms with van der Waals surface area (Å²) in [6.07, 6.45) is 6.89. The first-order valence-electron chi connectivity index (χ1n) is 13.1. The fourth-order valence-electron chi connectivity index (χ4n) is 5.63. The molecular formula is C28H32N6O4. The number of rotatable bonds is 5. The van der Waals surface area contributed by atoms with Crippen molar-refractivity contribution in [3.05, 3.63) is 63.8 Å². The molecule has 2 fully saturated rings. The molecule has 1 aromatic carbocycles. The summed E-state index contributed by atoms with van der Waals surface area (Å²) in [5.41, 5.74) is 3.96. The standard InChI is InChI=1S/C28H32N6O4/c1-18-11-25-23(26-24(27(35)31-25)16-30-34(26)20-3-9-38-10-4-20)13-22(18)28(36)33-7-5-32(6-8-33)17-19-12-21(37-2)15-29-14-19/h11-16,20H,3-10,17H2,1-2H3,(H,31,35). The van der Waals surface area contributed by atoms with Crippen LogP contribution in [0.15, 0.2) is 41.6 Å². The molecular weight excluding hydrogens is 484 g/mol. The van der Waals surface area contributed by atoms with E-state index in [1.807, 2.05) is 40.9 Å². The molecule has 0 aliphatic carbocycles.